The molecule has 0 spiro atoms. The molecular weight excluding hydrogens is 276 g/mol. The molecule has 1 atom stereocenters. The fourth-order valence-corrected chi connectivity index (χ4v) is 1.86. The number of carbonyl (C=O) groups excluding carboxylic acids is 1. The lowest BCUT2D eigenvalue weighted by Gasteiger charge is -2.14. The highest BCUT2D eigenvalue weighted by Gasteiger charge is 2.05. The predicted octanol–water partition coefficient (Wildman–Crippen LogP) is 1.96. The molecule has 5 nitrogen and oxygen atoms in total. The Bertz CT molecular complexity index is 482. The zero-order chi connectivity index (χ0) is 16.4. The third kappa shape index (κ3) is 7.11. The molecule has 0 aromatic heterocycles. The highest BCUT2D eigenvalue weighted by molar-refractivity contribution is 5.81. The second kappa shape index (κ2) is 9.82. The lowest BCUT2D eigenvalue weighted by Crippen LogP contribution is -2.40. The molecule has 5 heteroatoms. The van der Waals surface area contributed by atoms with Crippen LogP contribution in [-0.4, -0.2) is 31.5 Å². The Labute approximate surface area is 133 Å². The smallest absolute Gasteiger partial charge is 0.221 e. The van der Waals surface area contributed by atoms with Gasteiger partial charge in [-0.15, -0.1) is 0 Å². The van der Waals surface area contributed by atoms with Gasteiger partial charge < -0.3 is 16.0 Å². The molecule has 1 unspecified atom stereocenters. The highest BCUT2D eigenvalue weighted by atomic mass is 16.1. The summed E-state index contributed by atoms with van der Waals surface area (Å²) in [5.74, 6) is 0.771. The van der Waals surface area contributed by atoms with Crippen molar-refractivity contribution >= 4 is 11.9 Å². The van der Waals surface area contributed by atoms with E-state index in [0.717, 1.165) is 6.42 Å². The van der Waals surface area contributed by atoms with Gasteiger partial charge >= 0.3 is 0 Å². The SMILES string of the molecule is CCC(C)NC(=O)CCNC(=NC)NCc1ccc(C)cc1. The largest absolute Gasteiger partial charge is 0.356 e. The van der Waals surface area contributed by atoms with Gasteiger partial charge in [0.05, 0.1) is 0 Å². The number of hydrogen-bond donors (Lipinski definition) is 3. The fourth-order valence-electron chi connectivity index (χ4n) is 1.86. The van der Waals surface area contributed by atoms with Gasteiger partial charge in [0.1, 0.15) is 0 Å². The quantitative estimate of drug-likeness (QED) is 0.533. The summed E-state index contributed by atoms with van der Waals surface area (Å²) in [7, 11) is 1.73. The van der Waals surface area contributed by atoms with Crippen LogP contribution in [0, 0.1) is 6.92 Å². The lowest BCUT2D eigenvalue weighted by atomic mass is 10.1. The van der Waals surface area contributed by atoms with E-state index in [1.165, 1.54) is 11.1 Å². The first-order chi connectivity index (χ1) is 10.5. The number of nitrogens with one attached hydrogen (secondary N) is 3. The number of amides is 1. The Kier molecular flexibility index (Phi) is 8.04. The number of aryl methyl sites for hydroxylation is 1. The summed E-state index contributed by atoms with van der Waals surface area (Å²) in [6.45, 7) is 7.41. The Morgan fingerprint density at radius 2 is 1.91 bits per heavy atom. The Balaban J connectivity index is 2.28. The number of nitrogens with zero attached hydrogens (tertiary/aromatic N) is 1. The minimum absolute atomic E-state index is 0.0656. The van der Waals surface area contributed by atoms with E-state index in [4.69, 9.17) is 0 Å². The molecule has 0 heterocycles. The first-order valence-corrected chi connectivity index (χ1v) is 7.84. The number of guanidine groups is 1. The summed E-state index contributed by atoms with van der Waals surface area (Å²) in [5, 5.41) is 9.33. The molecule has 0 saturated carbocycles. The standard InChI is InChI=1S/C17H28N4O/c1-5-14(3)21-16(22)10-11-19-17(18-4)20-12-15-8-6-13(2)7-9-15/h6-9,14H,5,10-12H2,1-4H3,(H,21,22)(H2,18,19,20). The lowest BCUT2D eigenvalue weighted by molar-refractivity contribution is -0.121. The molecule has 1 rings (SSSR count). The molecule has 0 aliphatic heterocycles. The van der Waals surface area contributed by atoms with Crippen LogP contribution in [0.5, 0.6) is 0 Å². The normalized spacial score (nSPS) is 12.6. The van der Waals surface area contributed by atoms with E-state index in [9.17, 15) is 4.79 Å². The van der Waals surface area contributed by atoms with Gasteiger partial charge in [0.2, 0.25) is 5.91 Å². The number of rotatable bonds is 7. The van der Waals surface area contributed by atoms with Crippen LogP contribution in [0.25, 0.3) is 0 Å². The number of carbonyl (C=O) groups is 1. The Hall–Kier alpha value is -2.04. The van der Waals surface area contributed by atoms with E-state index in [-0.39, 0.29) is 11.9 Å². The molecule has 1 aromatic carbocycles. The predicted molar refractivity (Wildman–Crippen MR) is 91.9 cm³/mol. The summed E-state index contributed by atoms with van der Waals surface area (Å²) in [6.07, 6.45) is 1.38. The molecule has 0 bridgehead atoms. The summed E-state index contributed by atoms with van der Waals surface area (Å²) in [4.78, 5) is 15.8. The minimum atomic E-state index is 0.0656. The molecule has 3 N–H and O–H groups in total. The second-order valence-corrected chi connectivity index (χ2v) is 5.46. The van der Waals surface area contributed by atoms with Crippen molar-refractivity contribution in [1.82, 2.24) is 16.0 Å². The van der Waals surface area contributed by atoms with Gasteiger partial charge in [0.15, 0.2) is 5.96 Å². The van der Waals surface area contributed by atoms with Crippen LogP contribution < -0.4 is 16.0 Å². The molecule has 22 heavy (non-hydrogen) atoms. The van der Waals surface area contributed by atoms with Gasteiger partial charge in [-0.3, -0.25) is 9.79 Å². The van der Waals surface area contributed by atoms with Crippen molar-refractivity contribution in [2.45, 2.75) is 46.2 Å². The third-order valence-corrected chi connectivity index (χ3v) is 3.47. The van der Waals surface area contributed by atoms with E-state index >= 15 is 0 Å². The molecule has 1 aromatic rings. The van der Waals surface area contributed by atoms with Crippen LogP contribution in [0.3, 0.4) is 0 Å². The highest BCUT2D eigenvalue weighted by Crippen LogP contribution is 2.02. The van der Waals surface area contributed by atoms with Crippen molar-refractivity contribution in [3.05, 3.63) is 35.4 Å². The van der Waals surface area contributed by atoms with E-state index in [2.05, 4.69) is 59.1 Å². The fraction of sp³-hybridized carbons (Fsp3) is 0.529. The molecule has 0 aliphatic carbocycles. The zero-order valence-corrected chi connectivity index (χ0v) is 14.1. The molecule has 0 saturated heterocycles. The maximum absolute atomic E-state index is 11.7. The maximum atomic E-state index is 11.7. The third-order valence-electron chi connectivity index (χ3n) is 3.47. The van der Waals surface area contributed by atoms with Gasteiger partial charge in [-0.2, -0.15) is 0 Å². The zero-order valence-electron chi connectivity index (χ0n) is 14.1. The monoisotopic (exact) mass is 304 g/mol. The van der Waals surface area contributed by atoms with Crippen molar-refractivity contribution < 1.29 is 4.79 Å². The van der Waals surface area contributed by atoms with Crippen molar-refractivity contribution in [1.29, 1.82) is 0 Å². The molecular formula is C17H28N4O. The van der Waals surface area contributed by atoms with Crippen molar-refractivity contribution in [2.75, 3.05) is 13.6 Å². The summed E-state index contributed by atoms with van der Waals surface area (Å²) in [5.41, 5.74) is 2.45. The number of benzene rings is 1. The van der Waals surface area contributed by atoms with Gasteiger partial charge in [-0.25, -0.2) is 0 Å². The van der Waals surface area contributed by atoms with Gasteiger partial charge in [0.25, 0.3) is 0 Å². The molecule has 122 valence electrons. The van der Waals surface area contributed by atoms with E-state index in [1.807, 2.05) is 6.92 Å². The van der Waals surface area contributed by atoms with Gasteiger partial charge in [-0.05, 0) is 25.8 Å². The minimum Gasteiger partial charge on any atom is -0.356 e. The van der Waals surface area contributed by atoms with Gasteiger partial charge in [0, 0.05) is 32.6 Å². The number of aliphatic imine (C=N–C) groups is 1. The van der Waals surface area contributed by atoms with Crippen LogP contribution >= 0.6 is 0 Å². The summed E-state index contributed by atoms with van der Waals surface area (Å²) < 4.78 is 0. The molecule has 1 amide bonds. The first-order valence-electron chi connectivity index (χ1n) is 7.84. The van der Waals surface area contributed by atoms with E-state index in [1.54, 1.807) is 7.05 Å². The maximum Gasteiger partial charge on any atom is 0.221 e. The van der Waals surface area contributed by atoms with Crippen LogP contribution in [0.1, 0.15) is 37.8 Å². The van der Waals surface area contributed by atoms with E-state index in [0.29, 0.717) is 25.5 Å². The summed E-state index contributed by atoms with van der Waals surface area (Å²) in [6, 6.07) is 8.59. The van der Waals surface area contributed by atoms with Crippen LogP contribution in [-0.2, 0) is 11.3 Å². The topological polar surface area (TPSA) is 65.5 Å². The van der Waals surface area contributed by atoms with Crippen molar-refractivity contribution in [3.8, 4) is 0 Å². The average Bonchev–Trinajstić information content (AvgIpc) is 2.52. The average molecular weight is 304 g/mol. The van der Waals surface area contributed by atoms with E-state index < -0.39 is 0 Å². The Morgan fingerprint density at radius 1 is 1.23 bits per heavy atom. The van der Waals surface area contributed by atoms with Gasteiger partial charge in [-0.1, -0.05) is 36.8 Å². The summed E-state index contributed by atoms with van der Waals surface area (Å²) >= 11 is 0. The molecule has 0 aliphatic rings. The van der Waals surface area contributed by atoms with Crippen LogP contribution in [0.15, 0.2) is 29.3 Å². The Morgan fingerprint density at radius 3 is 2.50 bits per heavy atom. The van der Waals surface area contributed by atoms with Crippen LogP contribution in [0.2, 0.25) is 0 Å². The van der Waals surface area contributed by atoms with Crippen molar-refractivity contribution in [3.63, 3.8) is 0 Å². The second-order valence-electron chi connectivity index (χ2n) is 5.46. The molecule has 0 radical (unpaired) electrons. The van der Waals surface area contributed by atoms with Crippen molar-refractivity contribution in [2.24, 2.45) is 4.99 Å². The number of hydrogen-bond acceptors (Lipinski definition) is 2. The first kappa shape index (κ1) is 18.0. The van der Waals surface area contributed by atoms with Crippen LogP contribution in [0.4, 0.5) is 0 Å². The molecule has 0 fully saturated rings.